The van der Waals surface area contributed by atoms with Crippen molar-refractivity contribution in [3.63, 3.8) is 0 Å². The molecule has 0 aliphatic rings. The lowest BCUT2D eigenvalue weighted by atomic mass is 10.3. The van der Waals surface area contributed by atoms with Crippen LogP contribution in [0.1, 0.15) is 16.1 Å². The van der Waals surface area contributed by atoms with E-state index >= 15 is 0 Å². The minimum absolute atomic E-state index is 0.0664. The van der Waals surface area contributed by atoms with Crippen LogP contribution in [0.5, 0.6) is 0 Å². The fourth-order valence-corrected chi connectivity index (χ4v) is 1.43. The Bertz CT molecular complexity index is 549. The molecule has 0 aliphatic heterocycles. The lowest BCUT2D eigenvalue weighted by Crippen LogP contribution is -2.02. The van der Waals surface area contributed by atoms with E-state index in [9.17, 15) is 9.18 Å². The van der Waals surface area contributed by atoms with Crippen molar-refractivity contribution in [2.45, 2.75) is 6.92 Å². The van der Waals surface area contributed by atoms with Crippen LogP contribution >= 0.6 is 0 Å². The van der Waals surface area contributed by atoms with Crippen LogP contribution in [0.4, 0.5) is 4.39 Å². The van der Waals surface area contributed by atoms with Crippen LogP contribution in [-0.2, 0) is 0 Å². The van der Waals surface area contributed by atoms with E-state index in [1.807, 2.05) is 0 Å². The lowest BCUT2D eigenvalue weighted by Gasteiger charge is -2.01. The molecule has 0 unspecified atom stereocenters. The highest BCUT2D eigenvalue weighted by molar-refractivity contribution is 5.86. The molecule has 0 bridgehead atoms. The lowest BCUT2D eigenvalue weighted by molar-refractivity contribution is 0.0689. The summed E-state index contributed by atoms with van der Waals surface area (Å²) in [5.41, 5.74) is 0.664. The molecule has 0 saturated carbocycles. The monoisotopic (exact) mass is 220 g/mol. The first-order valence-electron chi connectivity index (χ1n) is 4.64. The van der Waals surface area contributed by atoms with E-state index in [1.54, 1.807) is 19.1 Å². The van der Waals surface area contributed by atoms with Gasteiger partial charge in [0.1, 0.15) is 11.5 Å². The van der Waals surface area contributed by atoms with Crippen LogP contribution in [0, 0.1) is 12.7 Å². The number of benzene rings is 1. The van der Waals surface area contributed by atoms with Gasteiger partial charge < -0.3 is 5.11 Å². The molecule has 16 heavy (non-hydrogen) atoms. The Hall–Kier alpha value is -2.17. The standard InChI is InChI=1S/C11H9FN2O2/c1-7-6-14(13-10(7)11(15)16)9-5-3-2-4-8(9)12/h2-6H,1H3,(H,15,16). The second-order valence-electron chi connectivity index (χ2n) is 3.36. The summed E-state index contributed by atoms with van der Waals surface area (Å²) in [5, 5.41) is 12.6. The van der Waals surface area contributed by atoms with Crippen LogP contribution < -0.4 is 0 Å². The van der Waals surface area contributed by atoms with Crippen molar-refractivity contribution in [1.29, 1.82) is 0 Å². The molecule has 1 aromatic heterocycles. The first kappa shape index (κ1) is 10.4. The Kier molecular flexibility index (Phi) is 2.44. The first-order chi connectivity index (χ1) is 7.59. The highest BCUT2D eigenvalue weighted by atomic mass is 19.1. The number of carboxylic acids is 1. The first-order valence-corrected chi connectivity index (χ1v) is 4.64. The normalized spacial score (nSPS) is 10.4. The van der Waals surface area contributed by atoms with Gasteiger partial charge in [0.05, 0.1) is 0 Å². The van der Waals surface area contributed by atoms with Crippen molar-refractivity contribution in [1.82, 2.24) is 9.78 Å². The van der Waals surface area contributed by atoms with Crippen molar-refractivity contribution in [3.05, 3.63) is 47.5 Å². The molecule has 0 atom stereocenters. The van der Waals surface area contributed by atoms with Crippen LogP contribution in [0.25, 0.3) is 5.69 Å². The summed E-state index contributed by atoms with van der Waals surface area (Å²) in [4.78, 5) is 10.8. The molecule has 82 valence electrons. The number of hydrogen-bond acceptors (Lipinski definition) is 2. The van der Waals surface area contributed by atoms with E-state index in [0.717, 1.165) is 0 Å². The molecule has 2 aromatic rings. The van der Waals surface area contributed by atoms with E-state index in [-0.39, 0.29) is 11.4 Å². The minimum atomic E-state index is -1.12. The van der Waals surface area contributed by atoms with Gasteiger partial charge in [-0.05, 0) is 19.1 Å². The van der Waals surface area contributed by atoms with Gasteiger partial charge in [0.25, 0.3) is 0 Å². The van der Waals surface area contributed by atoms with E-state index < -0.39 is 11.8 Å². The van der Waals surface area contributed by atoms with Gasteiger partial charge in [-0.3, -0.25) is 0 Å². The number of hydrogen-bond donors (Lipinski definition) is 1. The van der Waals surface area contributed by atoms with Crippen LogP contribution in [-0.4, -0.2) is 20.9 Å². The maximum absolute atomic E-state index is 13.4. The fraction of sp³-hybridized carbons (Fsp3) is 0.0909. The SMILES string of the molecule is Cc1cn(-c2ccccc2F)nc1C(=O)O. The number of aromatic nitrogens is 2. The summed E-state index contributed by atoms with van der Waals surface area (Å²) in [6, 6.07) is 6.06. The third-order valence-electron chi connectivity index (χ3n) is 2.20. The molecular weight excluding hydrogens is 211 g/mol. The molecule has 1 heterocycles. The maximum atomic E-state index is 13.4. The van der Waals surface area contributed by atoms with Gasteiger partial charge in [-0.2, -0.15) is 5.10 Å². The van der Waals surface area contributed by atoms with Gasteiger partial charge in [-0.15, -0.1) is 0 Å². The van der Waals surface area contributed by atoms with E-state index in [1.165, 1.54) is 23.0 Å². The average Bonchev–Trinajstić information content (AvgIpc) is 2.61. The van der Waals surface area contributed by atoms with Crippen LogP contribution in [0.15, 0.2) is 30.5 Å². The van der Waals surface area contributed by atoms with Gasteiger partial charge >= 0.3 is 5.97 Å². The van der Waals surface area contributed by atoms with E-state index in [2.05, 4.69) is 5.10 Å². The molecule has 0 aliphatic carbocycles. The molecule has 1 N–H and O–H groups in total. The van der Waals surface area contributed by atoms with Crippen LogP contribution in [0.2, 0.25) is 0 Å². The van der Waals surface area contributed by atoms with Crippen molar-refractivity contribution in [2.75, 3.05) is 0 Å². The van der Waals surface area contributed by atoms with Crippen LogP contribution in [0.3, 0.4) is 0 Å². The van der Waals surface area contributed by atoms with Gasteiger partial charge in [-0.1, -0.05) is 12.1 Å². The number of nitrogens with zero attached hydrogens (tertiary/aromatic N) is 2. The molecule has 1 aromatic carbocycles. The number of aryl methyl sites for hydroxylation is 1. The summed E-state index contributed by atoms with van der Waals surface area (Å²) in [7, 11) is 0. The zero-order valence-corrected chi connectivity index (χ0v) is 8.51. The number of para-hydroxylation sites is 1. The number of carbonyl (C=O) groups is 1. The molecule has 0 amide bonds. The van der Waals surface area contributed by atoms with Gasteiger partial charge in [0.15, 0.2) is 5.69 Å². The Morgan fingerprint density at radius 3 is 2.69 bits per heavy atom. The molecule has 0 fully saturated rings. The number of halogens is 1. The highest BCUT2D eigenvalue weighted by Crippen LogP contribution is 2.14. The van der Waals surface area contributed by atoms with E-state index in [0.29, 0.717) is 5.56 Å². The predicted molar refractivity (Wildman–Crippen MR) is 55.2 cm³/mol. The minimum Gasteiger partial charge on any atom is -0.476 e. The third-order valence-corrected chi connectivity index (χ3v) is 2.20. The Morgan fingerprint density at radius 1 is 1.44 bits per heavy atom. The average molecular weight is 220 g/mol. The van der Waals surface area contributed by atoms with Gasteiger partial charge in [0.2, 0.25) is 0 Å². The molecule has 0 radical (unpaired) electrons. The number of rotatable bonds is 2. The molecule has 2 rings (SSSR count). The van der Waals surface area contributed by atoms with Crippen molar-refractivity contribution >= 4 is 5.97 Å². The predicted octanol–water partition coefficient (Wildman–Crippen LogP) is 2.02. The smallest absolute Gasteiger partial charge is 0.356 e. The Labute approximate surface area is 90.9 Å². The summed E-state index contributed by atoms with van der Waals surface area (Å²) >= 11 is 0. The summed E-state index contributed by atoms with van der Waals surface area (Å²) in [6.45, 7) is 1.62. The summed E-state index contributed by atoms with van der Waals surface area (Å²) < 4.78 is 14.6. The van der Waals surface area contributed by atoms with E-state index in [4.69, 9.17) is 5.11 Å². The quantitative estimate of drug-likeness (QED) is 0.842. The maximum Gasteiger partial charge on any atom is 0.356 e. The van der Waals surface area contributed by atoms with Crippen molar-refractivity contribution in [3.8, 4) is 5.69 Å². The Balaban J connectivity index is 2.54. The molecule has 5 heteroatoms. The third kappa shape index (κ3) is 1.67. The zero-order chi connectivity index (χ0) is 11.7. The number of aromatic carboxylic acids is 1. The summed E-state index contributed by atoms with van der Waals surface area (Å²) in [5.74, 6) is -1.56. The fourth-order valence-electron chi connectivity index (χ4n) is 1.43. The summed E-state index contributed by atoms with van der Waals surface area (Å²) in [6.07, 6.45) is 1.49. The van der Waals surface area contributed by atoms with Crippen molar-refractivity contribution < 1.29 is 14.3 Å². The number of carboxylic acid groups (broad SMARTS) is 1. The molecule has 0 spiro atoms. The zero-order valence-electron chi connectivity index (χ0n) is 8.51. The molecule has 4 nitrogen and oxygen atoms in total. The van der Waals surface area contributed by atoms with Gasteiger partial charge in [-0.25, -0.2) is 13.9 Å². The Morgan fingerprint density at radius 2 is 2.12 bits per heavy atom. The van der Waals surface area contributed by atoms with Crippen molar-refractivity contribution in [2.24, 2.45) is 0 Å². The van der Waals surface area contributed by atoms with Gasteiger partial charge in [0, 0.05) is 11.8 Å². The highest BCUT2D eigenvalue weighted by Gasteiger charge is 2.14. The molecule has 0 saturated heterocycles. The second-order valence-corrected chi connectivity index (χ2v) is 3.36. The second kappa shape index (κ2) is 3.77. The largest absolute Gasteiger partial charge is 0.476 e. The molecular formula is C11H9FN2O2. The topological polar surface area (TPSA) is 55.1 Å².